The molecule has 2 aromatic carbocycles. The van der Waals surface area contributed by atoms with Crippen LogP contribution in [-0.4, -0.2) is 27.2 Å². The van der Waals surface area contributed by atoms with E-state index in [0.717, 1.165) is 22.0 Å². The first kappa shape index (κ1) is 17.1. The molecule has 0 unspecified atom stereocenters. The molecule has 0 aliphatic carbocycles. The lowest BCUT2D eigenvalue weighted by Crippen LogP contribution is -1.95. The molecule has 0 bridgehead atoms. The van der Waals surface area contributed by atoms with Crippen molar-refractivity contribution in [3.05, 3.63) is 64.3 Å². The first-order chi connectivity index (χ1) is 13.2. The number of methoxy groups -OCH3 is 1. The SMILES string of the molecule is COc1ccc(CSc2nnc(-c3c[nH]c4ccccc34)o2)cc1[N+](=O)[O-]. The maximum atomic E-state index is 11.1. The van der Waals surface area contributed by atoms with Crippen LogP contribution in [0.1, 0.15) is 5.56 Å². The molecule has 0 radical (unpaired) electrons. The van der Waals surface area contributed by atoms with Gasteiger partial charge in [-0.2, -0.15) is 0 Å². The van der Waals surface area contributed by atoms with E-state index in [1.54, 1.807) is 12.1 Å². The zero-order valence-electron chi connectivity index (χ0n) is 14.2. The summed E-state index contributed by atoms with van der Waals surface area (Å²) in [7, 11) is 1.40. The summed E-state index contributed by atoms with van der Waals surface area (Å²) in [5, 5.41) is 20.7. The summed E-state index contributed by atoms with van der Waals surface area (Å²) in [4.78, 5) is 13.8. The van der Waals surface area contributed by atoms with E-state index < -0.39 is 4.92 Å². The van der Waals surface area contributed by atoms with Crippen LogP contribution in [0.3, 0.4) is 0 Å². The lowest BCUT2D eigenvalue weighted by atomic mass is 10.2. The maximum Gasteiger partial charge on any atom is 0.311 e. The molecule has 0 saturated heterocycles. The number of rotatable bonds is 6. The Labute approximate surface area is 157 Å². The van der Waals surface area contributed by atoms with E-state index in [1.807, 2.05) is 30.5 Å². The normalized spacial score (nSPS) is 11.0. The lowest BCUT2D eigenvalue weighted by molar-refractivity contribution is -0.385. The first-order valence-electron chi connectivity index (χ1n) is 8.00. The van der Waals surface area contributed by atoms with E-state index in [4.69, 9.17) is 9.15 Å². The molecule has 2 heterocycles. The van der Waals surface area contributed by atoms with Crippen LogP contribution in [0.25, 0.3) is 22.4 Å². The summed E-state index contributed by atoms with van der Waals surface area (Å²) in [6.07, 6.45) is 1.83. The molecule has 0 saturated carbocycles. The molecule has 9 heteroatoms. The largest absolute Gasteiger partial charge is 0.490 e. The van der Waals surface area contributed by atoms with E-state index in [-0.39, 0.29) is 11.4 Å². The van der Waals surface area contributed by atoms with E-state index >= 15 is 0 Å². The number of hydrogen-bond donors (Lipinski definition) is 1. The summed E-state index contributed by atoms with van der Waals surface area (Å²) in [5.74, 6) is 1.12. The van der Waals surface area contributed by atoms with Gasteiger partial charge in [-0.25, -0.2) is 0 Å². The number of nitro benzene ring substituents is 1. The second-order valence-corrected chi connectivity index (χ2v) is 6.60. The van der Waals surface area contributed by atoms with Gasteiger partial charge >= 0.3 is 5.69 Å². The summed E-state index contributed by atoms with van der Waals surface area (Å²) in [5.41, 5.74) is 2.52. The second-order valence-electron chi connectivity index (χ2n) is 5.67. The molecule has 8 nitrogen and oxygen atoms in total. The standard InChI is InChI=1S/C18H14N4O4S/c1-25-16-7-6-11(8-15(16)22(23)24)10-27-18-21-20-17(26-18)13-9-19-14-5-3-2-4-12(13)14/h2-9,19H,10H2,1H3. The number of fused-ring (bicyclic) bond motifs is 1. The Morgan fingerprint density at radius 1 is 1.26 bits per heavy atom. The van der Waals surface area contributed by atoms with Gasteiger partial charge in [0.15, 0.2) is 5.75 Å². The number of ether oxygens (including phenoxy) is 1. The molecule has 4 rings (SSSR count). The average molecular weight is 382 g/mol. The van der Waals surface area contributed by atoms with Crippen LogP contribution in [0.5, 0.6) is 5.75 Å². The number of hydrogen-bond acceptors (Lipinski definition) is 7. The molecular formula is C18H14N4O4S. The predicted octanol–water partition coefficient (Wildman–Crippen LogP) is 4.43. The van der Waals surface area contributed by atoms with Crippen LogP contribution < -0.4 is 4.74 Å². The third-order valence-electron chi connectivity index (χ3n) is 4.03. The fourth-order valence-electron chi connectivity index (χ4n) is 2.74. The highest BCUT2D eigenvalue weighted by Gasteiger charge is 2.17. The van der Waals surface area contributed by atoms with Crippen molar-refractivity contribution in [2.45, 2.75) is 11.0 Å². The van der Waals surface area contributed by atoms with Gasteiger partial charge in [-0.05, 0) is 17.7 Å². The third-order valence-corrected chi connectivity index (χ3v) is 4.92. The Hall–Kier alpha value is -3.33. The highest BCUT2D eigenvalue weighted by atomic mass is 32.2. The fraction of sp³-hybridized carbons (Fsp3) is 0.111. The Morgan fingerprint density at radius 2 is 2.11 bits per heavy atom. The fourth-order valence-corrected chi connectivity index (χ4v) is 3.44. The molecule has 1 N–H and O–H groups in total. The van der Waals surface area contributed by atoms with Crippen LogP contribution in [0.2, 0.25) is 0 Å². The van der Waals surface area contributed by atoms with Crippen molar-refractivity contribution in [1.29, 1.82) is 0 Å². The van der Waals surface area contributed by atoms with Gasteiger partial charge in [-0.1, -0.05) is 36.0 Å². The topological polar surface area (TPSA) is 107 Å². The van der Waals surface area contributed by atoms with Gasteiger partial charge in [0.1, 0.15) is 0 Å². The Bertz CT molecular complexity index is 1120. The van der Waals surface area contributed by atoms with Gasteiger partial charge in [0.25, 0.3) is 11.1 Å². The van der Waals surface area contributed by atoms with Gasteiger partial charge < -0.3 is 14.1 Å². The number of thioether (sulfide) groups is 1. The number of aromatic amines is 1. The summed E-state index contributed by atoms with van der Waals surface area (Å²) in [6.45, 7) is 0. The summed E-state index contributed by atoms with van der Waals surface area (Å²) >= 11 is 1.32. The first-order valence-corrected chi connectivity index (χ1v) is 8.98. The van der Waals surface area contributed by atoms with Crippen molar-refractivity contribution in [3.63, 3.8) is 0 Å². The van der Waals surface area contributed by atoms with Gasteiger partial charge in [0.05, 0.1) is 17.6 Å². The zero-order chi connectivity index (χ0) is 18.8. The number of nitro groups is 1. The van der Waals surface area contributed by atoms with E-state index in [0.29, 0.717) is 16.9 Å². The molecule has 0 atom stereocenters. The highest BCUT2D eigenvalue weighted by Crippen LogP contribution is 2.32. The Balaban J connectivity index is 1.52. The van der Waals surface area contributed by atoms with Crippen LogP contribution in [-0.2, 0) is 5.75 Å². The Morgan fingerprint density at radius 3 is 2.93 bits per heavy atom. The monoisotopic (exact) mass is 382 g/mol. The number of nitrogens with one attached hydrogen (secondary N) is 1. The van der Waals surface area contributed by atoms with E-state index in [2.05, 4.69) is 15.2 Å². The van der Waals surface area contributed by atoms with Gasteiger partial charge in [0.2, 0.25) is 0 Å². The van der Waals surface area contributed by atoms with Gasteiger partial charge in [0, 0.05) is 28.9 Å². The van der Waals surface area contributed by atoms with Crippen LogP contribution >= 0.6 is 11.8 Å². The highest BCUT2D eigenvalue weighted by molar-refractivity contribution is 7.98. The van der Waals surface area contributed by atoms with Crippen LogP contribution in [0.15, 0.2) is 58.3 Å². The number of benzene rings is 2. The molecule has 0 amide bonds. The molecule has 0 spiro atoms. The molecule has 4 aromatic rings. The minimum absolute atomic E-state index is 0.0689. The lowest BCUT2D eigenvalue weighted by Gasteiger charge is -2.03. The molecule has 0 aliphatic heterocycles. The predicted molar refractivity (Wildman–Crippen MR) is 101 cm³/mol. The van der Waals surface area contributed by atoms with Crippen molar-refractivity contribution in [1.82, 2.24) is 15.2 Å². The molecular weight excluding hydrogens is 368 g/mol. The zero-order valence-corrected chi connectivity index (χ0v) is 15.0. The minimum atomic E-state index is -0.463. The second kappa shape index (κ2) is 7.12. The molecule has 136 valence electrons. The van der Waals surface area contributed by atoms with Crippen molar-refractivity contribution >= 4 is 28.4 Å². The van der Waals surface area contributed by atoms with E-state index in [1.165, 1.54) is 24.9 Å². The number of H-pyrrole nitrogens is 1. The number of nitrogens with zero attached hydrogens (tertiary/aromatic N) is 3. The van der Waals surface area contributed by atoms with Crippen molar-refractivity contribution in [3.8, 4) is 17.2 Å². The van der Waals surface area contributed by atoms with E-state index in [9.17, 15) is 10.1 Å². The van der Waals surface area contributed by atoms with Crippen molar-refractivity contribution < 1.29 is 14.1 Å². The molecule has 2 aromatic heterocycles. The molecule has 0 fully saturated rings. The van der Waals surface area contributed by atoms with Crippen LogP contribution in [0, 0.1) is 10.1 Å². The van der Waals surface area contributed by atoms with Crippen LogP contribution in [0.4, 0.5) is 5.69 Å². The molecule has 27 heavy (non-hydrogen) atoms. The number of aromatic nitrogens is 3. The number of para-hydroxylation sites is 1. The third kappa shape index (κ3) is 3.36. The summed E-state index contributed by atoms with van der Waals surface area (Å²) < 4.78 is 10.8. The maximum absolute atomic E-state index is 11.1. The van der Waals surface area contributed by atoms with Gasteiger partial charge in [-0.3, -0.25) is 10.1 Å². The quantitative estimate of drug-likeness (QED) is 0.299. The van der Waals surface area contributed by atoms with Crippen molar-refractivity contribution in [2.24, 2.45) is 0 Å². The Kier molecular flexibility index (Phi) is 4.51. The van der Waals surface area contributed by atoms with Crippen molar-refractivity contribution in [2.75, 3.05) is 7.11 Å². The molecule has 0 aliphatic rings. The van der Waals surface area contributed by atoms with Gasteiger partial charge in [-0.15, -0.1) is 10.2 Å². The average Bonchev–Trinajstić information content (AvgIpc) is 3.32. The minimum Gasteiger partial charge on any atom is -0.490 e. The summed E-state index contributed by atoms with van der Waals surface area (Å²) in [6, 6.07) is 12.7. The smallest absolute Gasteiger partial charge is 0.311 e.